The summed E-state index contributed by atoms with van der Waals surface area (Å²) in [6.45, 7) is 6.60. The Hall–Kier alpha value is -0.240. The number of hydrogen-bond donors (Lipinski definition) is 0. The zero-order valence-corrected chi connectivity index (χ0v) is 16.4. The second-order valence-corrected chi connectivity index (χ2v) is 9.32. The van der Waals surface area contributed by atoms with Gasteiger partial charge in [0.25, 0.3) is 0 Å². The minimum atomic E-state index is -2.25. The molecule has 2 heterocycles. The van der Waals surface area contributed by atoms with Crippen LogP contribution in [0.3, 0.4) is 0 Å². The molecule has 0 radical (unpaired) electrons. The predicted molar refractivity (Wildman–Crippen MR) is 99.4 cm³/mol. The summed E-state index contributed by atoms with van der Waals surface area (Å²) < 4.78 is 26.1. The van der Waals surface area contributed by atoms with Gasteiger partial charge in [-0.3, -0.25) is 0 Å². The molecule has 5 nitrogen and oxygen atoms in total. The summed E-state index contributed by atoms with van der Waals surface area (Å²) in [5.41, 5.74) is 2.13. The van der Waals surface area contributed by atoms with Gasteiger partial charge in [-0.15, -0.1) is 3.89 Å². The van der Waals surface area contributed by atoms with Gasteiger partial charge in [-0.25, -0.2) is 13.9 Å². The Labute approximate surface area is 148 Å². The molecule has 0 spiro atoms. The Bertz CT molecular complexity index is 734. The molecule has 0 saturated carbocycles. The molecule has 2 rings (SSSR count). The van der Waals surface area contributed by atoms with Crippen LogP contribution in [0, 0.1) is 6.92 Å². The van der Waals surface area contributed by atoms with Gasteiger partial charge in [0.15, 0.2) is 23.1 Å². The second-order valence-electron chi connectivity index (χ2n) is 4.58. The largest absolute Gasteiger partial charge is 0.337 e. The fourth-order valence-electron chi connectivity index (χ4n) is 1.93. The van der Waals surface area contributed by atoms with E-state index < -0.39 is 7.34 Å². The molecule has 0 unspecified atom stereocenters. The highest BCUT2D eigenvalue weighted by Gasteiger charge is 2.20. The van der Waals surface area contributed by atoms with Crippen molar-refractivity contribution in [2.75, 3.05) is 18.7 Å². The summed E-state index contributed by atoms with van der Waals surface area (Å²) in [6.07, 6.45) is 4.07. The molecule has 0 saturated heterocycles. The van der Waals surface area contributed by atoms with E-state index in [1.807, 2.05) is 13.8 Å². The number of fused-ring (bicyclic) bond motifs is 1. The van der Waals surface area contributed by atoms with E-state index in [1.54, 1.807) is 13.0 Å². The first-order valence-electron chi connectivity index (χ1n) is 6.93. The number of halogens is 2. The third-order valence-electron chi connectivity index (χ3n) is 2.89. The van der Waals surface area contributed by atoms with E-state index in [-0.39, 0.29) is 12.3 Å². The van der Waals surface area contributed by atoms with Crippen LogP contribution in [-0.4, -0.2) is 38.9 Å². The number of hydrogen-bond acceptors (Lipinski definition) is 6. The van der Waals surface area contributed by atoms with Crippen molar-refractivity contribution < 1.29 is 12.9 Å². The summed E-state index contributed by atoms with van der Waals surface area (Å²) in [7, 11) is -2.25. The topological polar surface area (TPSA) is 49.2 Å². The van der Waals surface area contributed by atoms with Crippen LogP contribution in [0.1, 0.15) is 19.5 Å². The number of aromatic nitrogens is 3. The first-order chi connectivity index (χ1) is 10.9. The van der Waals surface area contributed by atoms with Gasteiger partial charge in [0.1, 0.15) is 12.9 Å². The molecule has 2 aromatic rings. The van der Waals surface area contributed by atoms with Crippen molar-refractivity contribution in [1.82, 2.24) is 13.9 Å². The van der Waals surface area contributed by atoms with Gasteiger partial charge in [0.05, 0.1) is 29.4 Å². The first kappa shape index (κ1) is 19.1. The van der Waals surface area contributed by atoms with Crippen molar-refractivity contribution >= 4 is 60.5 Å². The van der Waals surface area contributed by atoms with Crippen molar-refractivity contribution in [3.8, 4) is 0 Å². The van der Waals surface area contributed by atoms with Crippen molar-refractivity contribution in [2.45, 2.75) is 25.9 Å². The average Bonchev–Trinajstić information content (AvgIpc) is 2.83. The molecule has 0 aliphatic heterocycles. The van der Waals surface area contributed by atoms with Gasteiger partial charge in [-0.1, -0.05) is 29.7 Å². The summed E-state index contributed by atoms with van der Waals surface area (Å²) >= 11 is 7.48. The summed E-state index contributed by atoms with van der Waals surface area (Å²) in [6, 6.07) is 1.67. The number of rotatable bonds is 8. The Kier molecular flexibility index (Phi) is 6.83. The van der Waals surface area contributed by atoms with Gasteiger partial charge in [-0.05, 0) is 26.8 Å². The lowest BCUT2D eigenvalue weighted by atomic mass is 10.3. The van der Waals surface area contributed by atoms with E-state index >= 15 is 0 Å². The first-order valence-corrected chi connectivity index (χ1v) is 11.0. The van der Waals surface area contributed by atoms with E-state index in [0.717, 1.165) is 0 Å². The van der Waals surface area contributed by atoms with Crippen LogP contribution in [0.15, 0.2) is 11.2 Å². The minimum Gasteiger partial charge on any atom is -0.337 e. The van der Waals surface area contributed by atoms with Crippen LogP contribution in [0.2, 0.25) is 5.02 Å². The van der Waals surface area contributed by atoms with Crippen LogP contribution < -0.4 is 0 Å². The third kappa shape index (κ3) is 4.44. The van der Waals surface area contributed by atoms with Crippen molar-refractivity contribution in [3.05, 3.63) is 16.8 Å². The molecule has 0 amide bonds. The van der Waals surface area contributed by atoms with Crippen molar-refractivity contribution in [3.63, 3.8) is 0 Å². The van der Waals surface area contributed by atoms with Crippen LogP contribution in [0.4, 0.5) is 3.89 Å². The lowest BCUT2D eigenvalue weighted by Gasteiger charge is -2.22. The Morgan fingerprint density at radius 2 is 2.00 bits per heavy atom. The standard InChI is InChI=1S/C13H18ClFN3O2PS2/c1-5-19-21(4,20-6-2)8-22-13-17-12-11(18(13)23-15)7-10(14)9(3)16-12/h7H,4-6,8H2,1-3H3. The molecule has 2 aromatic heterocycles. The van der Waals surface area contributed by atoms with E-state index in [4.69, 9.17) is 20.6 Å². The van der Waals surface area contributed by atoms with Crippen LogP contribution in [0.25, 0.3) is 11.2 Å². The molecular formula is C13H18ClFN3O2PS2. The van der Waals surface area contributed by atoms with E-state index in [9.17, 15) is 3.89 Å². The SMILES string of the molecule is C=P(CSc1nc2nc(C)c(Cl)cc2n1SF)(OCC)OCC. The highest BCUT2D eigenvalue weighted by atomic mass is 35.5. The van der Waals surface area contributed by atoms with Crippen molar-refractivity contribution in [1.29, 1.82) is 0 Å². The number of nitrogens with zero attached hydrogens (tertiary/aromatic N) is 3. The predicted octanol–water partition coefficient (Wildman–Crippen LogP) is 5.18. The maximum Gasteiger partial charge on any atom is 0.183 e. The van der Waals surface area contributed by atoms with E-state index in [2.05, 4.69) is 16.3 Å². The summed E-state index contributed by atoms with van der Waals surface area (Å²) in [5, 5.41) is 0.959. The van der Waals surface area contributed by atoms with Crippen molar-refractivity contribution in [2.24, 2.45) is 0 Å². The maximum atomic E-state index is 13.4. The molecular weight excluding hydrogens is 380 g/mol. The second kappa shape index (κ2) is 8.23. The molecule has 0 aliphatic rings. The number of thioether (sulfide) groups is 1. The van der Waals surface area contributed by atoms with Crippen LogP contribution in [0.5, 0.6) is 0 Å². The molecule has 0 aliphatic carbocycles. The zero-order valence-electron chi connectivity index (χ0n) is 13.1. The quantitative estimate of drug-likeness (QED) is 0.452. The van der Waals surface area contributed by atoms with Crippen LogP contribution >= 0.6 is 43.0 Å². The van der Waals surface area contributed by atoms with E-state index in [1.165, 1.54) is 15.7 Å². The Morgan fingerprint density at radius 1 is 1.35 bits per heavy atom. The Morgan fingerprint density at radius 3 is 2.57 bits per heavy atom. The highest BCUT2D eigenvalue weighted by Crippen LogP contribution is 2.51. The zero-order chi connectivity index (χ0) is 17.0. The smallest absolute Gasteiger partial charge is 0.183 e. The molecule has 0 fully saturated rings. The van der Waals surface area contributed by atoms with Gasteiger partial charge in [0.2, 0.25) is 0 Å². The van der Waals surface area contributed by atoms with Gasteiger partial charge in [-0.2, -0.15) is 0 Å². The minimum absolute atomic E-state index is 0.0684. The molecule has 0 aromatic carbocycles. The molecule has 0 bridgehead atoms. The molecule has 23 heavy (non-hydrogen) atoms. The Balaban J connectivity index is 2.31. The molecule has 0 N–H and O–H groups in total. The molecule has 10 heteroatoms. The summed E-state index contributed by atoms with van der Waals surface area (Å²) in [4.78, 5) is 8.68. The fourth-order valence-corrected chi connectivity index (χ4v) is 5.85. The van der Waals surface area contributed by atoms with Gasteiger partial charge in [0, 0.05) is 0 Å². The molecule has 128 valence electrons. The normalized spacial score (nSPS) is 12.2. The maximum absolute atomic E-state index is 13.4. The average molecular weight is 398 g/mol. The lowest BCUT2D eigenvalue weighted by Crippen LogP contribution is -1.99. The number of imidazole rings is 1. The number of aryl methyl sites for hydroxylation is 1. The van der Waals surface area contributed by atoms with Gasteiger partial charge >= 0.3 is 0 Å². The van der Waals surface area contributed by atoms with Gasteiger partial charge < -0.3 is 9.05 Å². The highest BCUT2D eigenvalue weighted by molar-refractivity contribution is 8.06. The van der Waals surface area contributed by atoms with E-state index in [0.29, 0.717) is 45.7 Å². The van der Waals surface area contributed by atoms with Crippen LogP contribution in [-0.2, 0) is 9.05 Å². The molecule has 0 atom stereocenters. The fraction of sp³-hybridized carbons (Fsp3) is 0.462. The third-order valence-corrected chi connectivity index (χ3v) is 7.98. The summed E-state index contributed by atoms with van der Waals surface area (Å²) in [5.74, 6) is 0. The number of pyridine rings is 1. The monoisotopic (exact) mass is 397 g/mol. The lowest BCUT2D eigenvalue weighted by molar-refractivity contribution is 0.269.